The zero-order valence-electron chi connectivity index (χ0n) is 9.19. The van der Waals surface area contributed by atoms with Crippen LogP contribution in [0.3, 0.4) is 0 Å². The van der Waals surface area contributed by atoms with E-state index in [-0.39, 0.29) is 16.6 Å². The Kier molecular flexibility index (Phi) is 4.02. The van der Waals surface area contributed by atoms with E-state index >= 15 is 0 Å². The van der Waals surface area contributed by atoms with Crippen LogP contribution in [0.1, 0.15) is 23.2 Å². The summed E-state index contributed by atoms with van der Waals surface area (Å²) in [6.07, 6.45) is 2.10. The van der Waals surface area contributed by atoms with Crippen molar-refractivity contribution in [3.05, 3.63) is 29.6 Å². The first-order chi connectivity index (χ1) is 8.18. The van der Waals surface area contributed by atoms with Crippen molar-refractivity contribution in [1.82, 2.24) is 0 Å². The largest absolute Gasteiger partial charge is 0.478 e. The summed E-state index contributed by atoms with van der Waals surface area (Å²) >= 11 is 1.22. The highest BCUT2D eigenvalue weighted by atomic mass is 32.2. The maximum absolute atomic E-state index is 13.6. The van der Waals surface area contributed by atoms with Crippen molar-refractivity contribution in [1.29, 1.82) is 0 Å². The number of benzene rings is 1. The molecule has 5 heteroatoms. The van der Waals surface area contributed by atoms with Gasteiger partial charge in [0.25, 0.3) is 0 Å². The van der Waals surface area contributed by atoms with E-state index in [1.54, 1.807) is 0 Å². The molecule has 1 fully saturated rings. The Bertz CT molecular complexity index is 416. The van der Waals surface area contributed by atoms with E-state index in [4.69, 9.17) is 9.84 Å². The van der Waals surface area contributed by atoms with Crippen molar-refractivity contribution >= 4 is 17.7 Å². The summed E-state index contributed by atoms with van der Waals surface area (Å²) in [5.41, 5.74) is 0.0213. The smallest absolute Gasteiger partial charge is 0.336 e. The van der Waals surface area contributed by atoms with Crippen LogP contribution in [-0.2, 0) is 4.74 Å². The fourth-order valence-electron chi connectivity index (χ4n) is 1.78. The van der Waals surface area contributed by atoms with Crippen LogP contribution in [0, 0.1) is 5.82 Å². The van der Waals surface area contributed by atoms with Gasteiger partial charge in [-0.3, -0.25) is 0 Å². The molecule has 0 bridgehead atoms. The molecule has 1 heterocycles. The molecule has 92 valence electrons. The van der Waals surface area contributed by atoms with E-state index in [1.807, 2.05) is 0 Å². The molecule has 1 aromatic carbocycles. The number of rotatable bonds is 4. The van der Waals surface area contributed by atoms with Gasteiger partial charge in [0.15, 0.2) is 0 Å². The van der Waals surface area contributed by atoms with Crippen LogP contribution >= 0.6 is 11.8 Å². The number of hydrogen-bond donors (Lipinski definition) is 1. The van der Waals surface area contributed by atoms with Gasteiger partial charge in [-0.15, -0.1) is 11.8 Å². The first kappa shape index (κ1) is 12.4. The molecule has 0 aliphatic carbocycles. The van der Waals surface area contributed by atoms with Crippen LogP contribution in [0.5, 0.6) is 0 Å². The van der Waals surface area contributed by atoms with Crippen molar-refractivity contribution < 1.29 is 19.0 Å². The van der Waals surface area contributed by atoms with E-state index in [9.17, 15) is 9.18 Å². The Morgan fingerprint density at radius 1 is 1.59 bits per heavy atom. The molecule has 1 aliphatic heterocycles. The number of thioether (sulfide) groups is 1. The molecule has 2 rings (SSSR count). The highest BCUT2D eigenvalue weighted by Gasteiger charge is 2.19. The topological polar surface area (TPSA) is 46.5 Å². The van der Waals surface area contributed by atoms with E-state index in [1.165, 1.54) is 30.0 Å². The molecule has 0 amide bonds. The monoisotopic (exact) mass is 256 g/mol. The van der Waals surface area contributed by atoms with Gasteiger partial charge in [0.1, 0.15) is 5.82 Å². The van der Waals surface area contributed by atoms with Gasteiger partial charge in [0.2, 0.25) is 0 Å². The fraction of sp³-hybridized carbons (Fsp3) is 0.417. The van der Waals surface area contributed by atoms with Crippen molar-refractivity contribution in [2.24, 2.45) is 0 Å². The van der Waals surface area contributed by atoms with Gasteiger partial charge >= 0.3 is 5.97 Å². The summed E-state index contributed by atoms with van der Waals surface area (Å²) in [6, 6.07) is 4.11. The van der Waals surface area contributed by atoms with E-state index < -0.39 is 11.8 Å². The van der Waals surface area contributed by atoms with Crippen LogP contribution in [0.4, 0.5) is 4.39 Å². The standard InChI is InChI=1S/C12H13FO3S/c13-10-5-1-4-9(12(14)15)11(10)17-7-8-3-2-6-16-8/h1,4-5,8H,2-3,6-7H2,(H,14,15). The maximum atomic E-state index is 13.6. The lowest BCUT2D eigenvalue weighted by Gasteiger charge is -2.11. The SMILES string of the molecule is O=C(O)c1cccc(F)c1SCC1CCCO1. The first-order valence-corrected chi connectivity index (χ1v) is 6.43. The van der Waals surface area contributed by atoms with Gasteiger partial charge in [0.05, 0.1) is 16.6 Å². The van der Waals surface area contributed by atoms with Crippen LogP contribution < -0.4 is 0 Å². The molecule has 17 heavy (non-hydrogen) atoms. The van der Waals surface area contributed by atoms with Gasteiger partial charge in [-0.2, -0.15) is 0 Å². The van der Waals surface area contributed by atoms with Gasteiger partial charge in [-0.05, 0) is 25.0 Å². The number of carbonyl (C=O) groups is 1. The predicted molar refractivity (Wildman–Crippen MR) is 63.1 cm³/mol. The second-order valence-corrected chi connectivity index (χ2v) is 4.90. The molecule has 0 radical (unpaired) electrons. The summed E-state index contributed by atoms with van der Waals surface area (Å²) in [4.78, 5) is 11.2. The fourth-order valence-corrected chi connectivity index (χ4v) is 2.91. The molecule has 0 aromatic heterocycles. The highest BCUT2D eigenvalue weighted by Crippen LogP contribution is 2.29. The number of hydrogen-bond acceptors (Lipinski definition) is 3. The van der Waals surface area contributed by atoms with Gasteiger partial charge in [-0.25, -0.2) is 9.18 Å². The van der Waals surface area contributed by atoms with Crippen molar-refractivity contribution in [3.63, 3.8) is 0 Å². The first-order valence-electron chi connectivity index (χ1n) is 5.44. The van der Waals surface area contributed by atoms with Crippen LogP contribution in [0.2, 0.25) is 0 Å². The maximum Gasteiger partial charge on any atom is 0.336 e. The molecular weight excluding hydrogens is 243 g/mol. The number of carboxylic acid groups (broad SMARTS) is 1. The minimum atomic E-state index is -1.10. The molecular formula is C12H13FO3S. The molecule has 1 aliphatic rings. The Hall–Kier alpha value is -1.07. The zero-order valence-corrected chi connectivity index (χ0v) is 10.0. The number of halogens is 1. The molecule has 0 saturated carbocycles. The summed E-state index contributed by atoms with van der Waals surface area (Å²) in [7, 11) is 0. The molecule has 1 N–H and O–H groups in total. The third-order valence-corrected chi connectivity index (χ3v) is 3.88. The number of ether oxygens (including phenoxy) is 1. The quantitative estimate of drug-likeness (QED) is 0.841. The molecule has 1 atom stereocenters. The highest BCUT2D eigenvalue weighted by molar-refractivity contribution is 7.99. The predicted octanol–water partition coefficient (Wildman–Crippen LogP) is 2.80. The Labute approximate surface area is 103 Å². The minimum Gasteiger partial charge on any atom is -0.478 e. The lowest BCUT2D eigenvalue weighted by atomic mass is 10.2. The molecule has 1 aromatic rings. The minimum absolute atomic E-state index is 0.0213. The second-order valence-electron chi connectivity index (χ2n) is 3.87. The van der Waals surface area contributed by atoms with Crippen LogP contribution in [0.15, 0.2) is 23.1 Å². The lowest BCUT2D eigenvalue weighted by Crippen LogP contribution is -2.09. The van der Waals surface area contributed by atoms with Crippen molar-refractivity contribution in [2.75, 3.05) is 12.4 Å². The van der Waals surface area contributed by atoms with Crippen molar-refractivity contribution in [2.45, 2.75) is 23.8 Å². The summed E-state index contributed by atoms with van der Waals surface area (Å²) in [5, 5.41) is 8.97. The van der Waals surface area contributed by atoms with Crippen LogP contribution in [-0.4, -0.2) is 29.5 Å². The second kappa shape index (κ2) is 5.51. The Morgan fingerprint density at radius 3 is 3.06 bits per heavy atom. The third-order valence-electron chi connectivity index (χ3n) is 2.63. The molecule has 1 saturated heterocycles. The van der Waals surface area contributed by atoms with E-state index in [0.29, 0.717) is 5.75 Å². The van der Waals surface area contributed by atoms with Crippen LogP contribution in [0.25, 0.3) is 0 Å². The van der Waals surface area contributed by atoms with Gasteiger partial charge < -0.3 is 9.84 Å². The van der Waals surface area contributed by atoms with E-state index in [0.717, 1.165) is 19.4 Å². The zero-order chi connectivity index (χ0) is 12.3. The van der Waals surface area contributed by atoms with Gasteiger partial charge in [0, 0.05) is 12.4 Å². The average molecular weight is 256 g/mol. The summed E-state index contributed by atoms with van der Waals surface area (Å²) in [5.74, 6) is -0.978. The van der Waals surface area contributed by atoms with Gasteiger partial charge in [-0.1, -0.05) is 6.07 Å². The number of aromatic carboxylic acids is 1. The lowest BCUT2D eigenvalue weighted by molar-refractivity contribution is 0.0692. The van der Waals surface area contributed by atoms with E-state index in [2.05, 4.69) is 0 Å². The molecule has 0 spiro atoms. The Balaban J connectivity index is 2.10. The average Bonchev–Trinajstić information content (AvgIpc) is 2.80. The summed E-state index contributed by atoms with van der Waals surface area (Å²) < 4.78 is 19.0. The Morgan fingerprint density at radius 2 is 2.41 bits per heavy atom. The molecule has 1 unspecified atom stereocenters. The summed E-state index contributed by atoms with van der Waals surface area (Å²) in [6.45, 7) is 0.744. The number of carboxylic acids is 1. The van der Waals surface area contributed by atoms with Crippen molar-refractivity contribution in [3.8, 4) is 0 Å². The normalized spacial score (nSPS) is 19.5. The molecule has 3 nitrogen and oxygen atoms in total. The third kappa shape index (κ3) is 2.98.